The summed E-state index contributed by atoms with van der Waals surface area (Å²) >= 11 is 5.95. The number of hydrogen-bond acceptors (Lipinski definition) is 6. The van der Waals surface area contributed by atoms with Crippen molar-refractivity contribution in [1.29, 1.82) is 0 Å². The van der Waals surface area contributed by atoms with Gasteiger partial charge < -0.3 is 19.5 Å². The van der Waals surface area contributed by atoms with Gasteiger partial charge in [-0.3, -0.25) is 4.79 Å². The van der Waals surface area contributed by atoms with E-state index in [4.69, 9.17) is 21.3 Å². The van der Waals surface area contributed by atoms with Crippen LogP contribution in [0.3, 0.4) is 0 Å². The van der Waals surface area contributed by atoms with E-state index >= 15 is 0 Å². The Labute approximate surface area is 209 Å². The third-order valence-corrected chi connectivity index (χ3v) is 11.3. The molecule has 7 nitrogen and oxygen atoms in total. The fraction of sp³-hybridized carbons (Fsp3) is 0.423. The zero-order valence-corrected chi connectivity index (χ0v) is 21.9. The zero-order valence-electron chi connectivity index (χ0n) is 20.2. The van der Waals surface area contributed by atoms with Crippen LogP contribution >= 0.6 is 11.6 Å². The van der Waals surface area contributed by atoms with Gasteiger partial charge in [0.05, 0.1) is 37.1 Å². The predicted molar refractivity (Wildman–Crippen MR) is 138 cm³/mol. The second kappa shape index (κ2) is 8.46. The number of carbonyl (C=O) groups excluding carboxylic acids is 1. The van der Waals surface area contributed by atoms with Crippen LogP contribution in [-0.2, 0) is 28.3 Å². The molecule has 0 bridgehead atoms. The summed E-state index contributed by atoms with van der Waals surface area (Å²) < 4.78 is 6.87. The van der Waals surface area contributed by atoms with E-state index in [2.05, 4.69) is 13.1 Å². The molecule has 184 valence electrons. The summed E-state index contributed by atoms with van der Waals surface area (Å²) in [6.07, 6.45) is 2.04. The number of aromatic hydroxyl groups is 1. The van der Waals surface area contributed by atoms with Gasteiger partial charge in [-0.25, -0.2) is 9.78 Å². The number of phenols is 1. The summed E-state index contributed by atoms with van der Waals surface area (Å²) in [5.41, 5.74) is 1.54. The number of unbranched alkanes of at least 4 members (excludes halogenated alkanes) is 1. The highest BCUT2D eigenvalue weighted by Crippen LogP contribution is 2.39. The molecule has 3 aromatic rings. The van der Waals surface area contributed by atoms with E-state index in [0.29, 0.717) is 34.9 Å². The van der Waals surface area contributed by atoms with Gasteiger partial charge >= 0.3 is 5.97 Å². The average molecular weight is 513 g/mol. The normalized spacial score (nSPS) is 18.8. The highest BCUT2D eigenvalue weighted by molar-refractivity contribution is 6.91. The van der Waals surface area contributed by atoms with Gasteiger partial charge in [-0.1, -0.05) is 32.5 Å². The molecule has 5 rings (SSSR count). The van der Waals surface area contributed by atoms with Gasteiger partial charge in [0.2, 0.25) is 0 Å². The topological polar surface area (TPSA) is 102 Å². The molecular formula is C26H29ClN2O5Si. The number of hydrogen-bond donors (Lipinski definition) is 2. The molecule has 2 aromatic heterocycles. The summed E-state index contributed by atoms with van der Waals surface area (Å²) in [6.45, 7) is 6.51. The second-order valence-corrected chi connectivity index (χ2v) is 15.3. The fourth-order valence-corrected chi connectivity index (χ4v) is 9.14. The Hall–Kier alpha value is -2.68. The van der Waals surface area contributed by atoms with Crippen LogP contribution in [0.4, 0.5) is 0 Å². The fourth-order valence-electron chi connectivity index (χ4n) is 5.63. The zero-order chi connectivity index (χ0) is 25.1. The van der Waals surface area contributed by atoms with Crippen LogP contribution in [0.1, 0.15) is 42.9 Å². The van der Waals surface area contributed by atoms with Gasteiger partial charge in [0.25, 0.3) is 5.56 Å². The number of ether oxygens (including phenoxy) is 1. The smallest absolute Gasteiger partial charge is 0.343 e. The lowest BCUT2D eigenvalue weighted by atomic mass is 9.86. The minimum absolute atomic E-state index is 0.102. The van der Waals surface area contributed by atoms with Crippen LogP contribution in [0.25, 0.3) is 22.3 Å². The van der Waals surface area contributed by atoms with Crippen molar-refractivity contribution < 1.29 is 19.7 Å². The number of aliphatic hydroxyl groups is 1. The maximum absolute atomic E-state index is 13.6. The molecule has 1 aromatic carbocycles. The van der Waals surface area contributed by atoms with E-state index in [-0.39, 0.29) is 24.3 Å². The molecule has 35 heavy (non-hydrogen) atoms. The van der Waals surface area contributed by atoms with E-state index in [1.807, 2.05) is 0 Å². The van der Waals surface area contributed by atoms with Crippen LogP contribution in [0, 0.1) is 0 Å². The molecule has 0 spiro atoms. The molecule has 0 fully saturated rings. The van der Waals surface area contributed by atoms with Crippen LogP contribution in [0.2, 0.25) is 19.1 Å². The van der Waals surface area contributed by atoms with Crippen molar-refractivity contribution in [1.82, 2.24) is 9.55 Å². The largest absolute Gasteiger partial charge is 0.508 e. The van der Waals surface area contributed by atoms with Gasteiger partial charge in [0.1, 0.15) is 12.4 Å². The van der Waals surface area contributed by atoms with Crippen LogP contribution < -0.4 is 10.7 Å². The molecule has 4 heterocycles. The highest BCUT2D eigenvalue weighted by atomic mass is 35.5. The standard InChI is InChI=1S/C26H29ClN2O5Si/c1-4-26(33)19-12-21-22-17(13-29(21)24(31)18(19)14-34-25(26)32)23(35(2,3)10-6-5-9-27)16-11-15(30)7-8-20(16)28-22/h7-8,11-12,30,33H,4-6,9-10,13-14H2,1-3H3/t26-/m0/s1. The number of esters is 1. The molecule has 2 aliphatic rings. The minimum atomic E-state index is -2.05. The molecule has 2 aliphatic heterocycles. The number of benzene rings is 1. The first-order valence-corrected chi connectivity index (χ1v) is 15.8. The monoisotopic (exact) mass is 512 g/mol. The van der Waals surface area contributed by atoms with Gasteiger partial charge in [0.15, 0.2) is 5.60 Å². The van der Waals surface area contributed by atoms with Gasteiger partial charge in [0, 0.05) is 16.8 Å². The highest BCUT2D eigenvalue weighted by Gasteiger charge is 2.46. The van der Waals surface area contributed by atoms with Gasteiger partial charge in [-0.05, 0) is 47.9 Å². The minimum Gasteiger partial charge on any atom is -0.508 e. The van der Waals surface area contributed by atoms with Gasteiger partial charge in [-0.15, -0.1) is 11.6 Å². The first-order valence-electron chi connectivity index (χ1n) is 12.0. The Kier molecular flexibility index (Phi) is 5.81. The number of phenolic OH excluding ortho intramolecular Hbond substituents is 1. The number of fused-ring (bicyclic) bond motifs is 5. The summed E-state index contributed by atoms with van der Waals surface area (Å²) in [5, 5.41) is 23.5. The second-order valence-electron chi connectivity index (χ2n) is 10.1. The number of carbonyl (C=O) groups is 1. The lowest BCUT2D eigenvalue weighted by Crippen LogP contribution is -2.45. The van der Waals surface area contributed by atoms with E-state index < -0.39 is 19.6 Å². The lowest BCUT2D eigenvalue weighted by molar-refractivity contribution is -0.172. The first-order chi connectivity index (χ1) is 16.6. The van der Waals surface area contributed by atoms with Crippen LogP contribution in [0.5, 0.6) is 5.75 Å². The summed E-state index contributed by atoms with van der Waals surface area (Å²) in [5.74, 6) is 0.0666. The number of cyclic esters (lactones) is 1. The third kappa shape index (κ3) is 3.61. The lowest BCUT2D eigenvalue weighted by Gasteiger charge is -2.31. The molecule has 0 aliphatic carbocycles. The molecule has 0 amide bonds. The molecule has 0 saturated carbocycles. The number of rotatable bonds is 6. The number of pyridine rings is 2. The maximum atomic E-state index is 13.6. The van der Waals surface area contributed by atoms with E-state index in [9.17, 15) is 19.8 Å². The van der Waals surface area contributed by atoms with Crippen molar-refractivity contribution in [3.05, 3.63) is 51.3 Å². The van der Waals surface area contributed by atoms with Crippen molar-refractivity contribution >= 4 is 41.7 Å². The molecule has 0 saturated heterocycles. The van der Waals surface area contributed by atoms with Crippen LogP contribution in [0.15, 0.2) is 29.1 Å². The summed E-state index contributed by atoms with van der Waals surface area (Å²) in [4.78, 5) is 31.0. The van der Waals surface area contributed by atoms with Crippen molar-refractivity contribution in [3.8, 4) is 17.1 Å². The SMILES string of the molecule is CC[C@@]1(O)C(=O)OCc2c1cc1n(c2=O)Cc2c-1nc1ccc(O)cc1c2[Si](C)(C)CCCCCl. The third-order valence-electron chi connectivity index (χ3n) is 7.53. The molecule has 0 radical (unpaired) electrons. The quantitative estimate of drug-likeness (QED) is 0.177. The van der Waals surface area contributed by atoms with E-state index in [1.54, 1.807) is 35.8 Å². The number of alkyl halides is 1. The maximum Gasteiger partial charge on any atom is 0.343 e. The van der Waals surface area contributed by atoms with Crippen molar-refractivity contribution in [2.75, 3.05) is 5.88 Å². The van der Waals surface area contributed by atoms with Crippen LogP contribution in [-0.4, -0.2) is 39.7 Å². The Balaban J connectivity index is 1.79. The van der Waals surface area contributed by atoms with Crippen molar-refractivity contribution in [2.24, 2.45) is 0 Å². The first kappa shape index (κ1) is 24.0. The van der Waals surface area contributed by atoms with Crippen molar-refractivity contribution in [3.63, 3.8) is 0 Å². The summed E-state index contributed by atoms with van der Waals surface area (Å²) in [7, 11) is -2.05. The molecular weight excluding hydrogens is 484 g/mol. The Morgan fingerprint density at radius 2 is 1.97 bits per heavy atom. The Bertz CT molecular complexity index is 1430. The van der Waals surface area contributed by atoms with Crippen molar-refractivity contribution in [2.45, 2.75) is 64.1 Å². The average Bonchev–Trinajstić information content (AvgIpc) is 3.18. The number of aromatic nitrogens is 2. The van der Waals surface area contributed by atoms with E-state index in [1.165, 1.54) is 5.19 Å². The predicted octanol–water partition coefficient (Wildman–Crippen LogP) is 3.72. The van der Waals surface area contributed by atoms with E-state index in [0.717, 1.165) is 35.4 Å². The van der Waals surface area contributed by atoms with Gasteiger partial charge in [-0.2, -0.15) is 0 Å². The number of nitrogens with zero attached hydrogens (tertiary/aromatic N) is 2. The molecule has 2 N–H and O–H groups in total. The Morgan fingerprint density at radius 1 is 1.20 bits per heavy atom. The number of halogens is 1. The molecule has 1 atom stereocenters. The Morgan fingerprint density at radius 3 is 2.69 bits per heavy atom. The molecule has 9 heteroatoms. The summed E-state index contributed by atoms with van der Waals surface area (Å²) in [6, 6.07) is 7.95. The molecule has 0 unspecified atom stereocenters.